The van der Waals surface area contributed by atoms with Crippen LogP contribution in [-0.2, 0) is 9.53 Å². The molecule has 2 rings (SSSR count). The van der Waals surface area contributed by atoms with Crippen molar-refractivity contribution in [1.29, 1.82) is 0 Å². The zero-order chi connectivity index (χ0) is 12.3. The number of carbonyl (C=O) groups excluding carboxylic acids is 1. The maximum atomic E-state index is 11.9. The Morgan fingerprint density at radius 3 is 2.88 bits per heavy atom. The molecule has 1 heterocycles. The normalized spacial score (nSPS) is 38.0. The number of alkyl halides is 1. The van der Waals surface area contributed by atoms with Crippen LogP contribution in [0.4, 0.5) is 0 Å². The molecule has 3 nitrogen and oxygen atoms in total. The highest BCUT2D eigenvalue weighted by molar-refractivity contribution is 9.09. The van der Waals surface area contributed by atoms with E-state index in [1.165, 1.54) is 25.7 Å². The third-order valence-corrected chi connectivity index (χ3v) is 4.68. The van der Waals surface area contributed by atoms with Gasteiger partial charge in [-0.3, -0.25) is 4.79 Å². The van der Waals surface area contributed by atoms with Gasteiger partial charge in [0.15, 0.2) is 0 Å². The standard InChI is InChI=1S/C13H22BrNO2/c1-9-5-11(8-17-9)13(16)15-7-10-3-2-4-12(14)6-10/h9-12H,2-8H2,1H3,(H,15,16). The van der Waals surface area contributed by atoms with E-state index in [4.69, 9.17) is 4.74 Å². The molecule has 0 aromatic rings. The summed E-state index contributed by atoms with van der Waals surface area (Å²) in [7, 11) is 0. The monoisotopic (exact) mass is 303 g/mol. The summed E-state index contributed by atoms with van der Waals surface area (Å²) in [4.78, 5) is 12.6. The maximum absolute atomic E-state index is 11.9. The van der Waals surface area contributed by atoms with Gasteiger partial charge in [-0.15, -0.1) is 0 Å². The predicted octanol–water partition coefficient (Wildman–Crippen LogP) is 2.48. The van der Waals surface area contributed by atoms with Crippen LogP contribution in [0.2, 0.25) is 0 Å². The molecular formula is C13H22BrNO2. The van der Waals surface area contributed by atoms with Crippen LogP contribution in [0.1, 0.15) is 39.0 Å². The summed E-state index contributed by atoms with van der Waals surface area (Å²) < 4.78 is 5.43. The fraction of sp³-hybridized carbons (Fsp3) is 0.923. The number of hydrogen-bond donors (Lipinski definition) is 1. The van der Waals surface area contributed by atoms with Crippen molar-refractivity contribution in [3.8, 4) is 0 Å². The molecular weight excluding hydrogens is 282 g/mol. The number of hydrogen-bond acceptors (Lipinski definition) is 2. The largest absolute Gasteiger partial charge is 0.378 e. The lowest BCUT2D eigenvalue weighted by molar-refractivity contribution is -0.125. The highest BCUT2D eigenvalue weighted by Crippen LogP contribution is 2.28. The van der Waals surface area contributed by atoms with Crippen molar-refractivity contribution in [3.05, 3.63) is 0 Å². The van der Waals surface area contributed by atoms with E-state index in [1.807, 2.05) is 6.92 Å². The van der Waals surface area contributed by atoms with Gasteiger partial charge in [-0.25, -0.2) is 0 Å². The van der Waals surface area contributed by atoms with Crippen molar-refractivity contribution >= 4 is 21.8 Å². The van der Waals surface area contributed by atoms with Gasteiger partial charge < -0.3 is 10.1 Å². The van der Waals surface area contributed by atoms with Crippen LogP contribution in [0.25, 0.3) is 0 Å². The van der Waals surface area contributed by atoms with Gasteiger partial charge in [0.05, 0.1) is 18.6 Å². The fourth-order valence-corrected chi connectivity index (χ4v) is 3.65. The summed E-state index contributed by atoms with van der Waals surface area (Å²) in [6.07, 6.45) is 6.11. The molecule has 0 bridgehead atoms. The Morgan fingerprint density at radius 2 is 2.24 bits per heavy atom. The molecule has 1 aliphatic carbocycles. The first-order valence-electron chi connectivity index (χ1n) is 6.68. The number of rotatable bonds is 3. The average Bonchev–Trinajstić information content (AvgIpc) is 2.73. The summed E-state index contributed by atoms with van der Waals surface area (Å²) in [5.74, 6) is 0.913. The molecule has 2 aliphatic rings. The number of halogens is 1. The second-order valence-corrected chi connectivity index (χ2v) is 6.75. The Kier molecular flexibility index (Phi) is 4.86. The third kappa shape index (κ3) is 3.95. The van der Waals surface area contributed by atoms with Gasteiger partial charge in [0.1, 0.15) is 0 Å². The average molecular weight is 304 g/mol. The first-order valence-corrected chi connectivity index (χ1v) is 7.60. The van der Waals surface area contributed by atoms with E-state index < -0.39 is 0 Å². The van der Waals surface area contributed by atoms with E-state index in [2.05, 4.69) is 21.2 Å². The summed E-state index contributed by atoms with van der Waals surface area (Å²) in [6.45, 7) is 3.47. The van der Waals surface area contributed by atoms with Crippen LogP contribution in [0.5, 0.6) is 0 Å². The van der Waals surface area contributed by atoms with E-state index in [-0.39, 0.29) is 17.9 Å². The van der Waals surface area contributed by atoms with Gasteiger partial charge in [0.2, 0.25) is 5.91 Å². The van der Waals surface area contributed by atoms with Crippen molar-refractivity contribution in [2.24, 2.45) is 11.8 Å². The molecule has 0 spiro atoms. The molecule has 4 heteroatoms. The van der Waals surface area contributed by atoms with Crippen molar-refractivity contribution in [2.45, 2.75) is 50.0 Å². The topological polar surface area (TPSA) is 38.3 Å². The van der Waals surface area contributed by atoms with E-state index >= 15 is 0 Å². The highest BCUT2D eigenvalue weighted by atomic mass is 79.9. The molecule has 17 heavy (non-hydrogen) atoms. The SMILES string of the molecule is CC1CC(C(=O)NCC2CCCC(Br)C2)CO1. The van der Waals surface area contributed by atoms with Crippen molar-refractivity contribution < 1.29 is 9.53 Å². The number of carbonyl (C=O) groups is 1. The van der Waals surface area contributed by atoms with Crippen LogP contribution in [0.3, 0.4) is 0 Å². The van der Waals surface area contributed by atoms with Gasteiger partial charge in [-0.05, 0) is 38.5 Å². The molecule has 0 aromatic heterocycles. The molecule has 1 N–H and O–H groups in total. The van der Waals surface area contributed by atoms with E-state index in [0.717, 1.165) is 13.0 Å². The van der Waals surface area contributed by atoms with Crippen LogP contribution >= 0.6 is 15.9 Å². The number of nitrogens with one attached hydrogen (secondary N) is 1. The van der Waals surface area contributed by atoms with Gasteiger partial charge in [0, 0.05) is 11.4 Å². The van der Waals surface area contributed by atoms with Crippen molar-refractivity contribution in [1.82, 2.24) is 5.32 Å². The molecule has 1 amide bonds. The number of amides is 1. The lowest BCUT2D eigenvalue weighted by Gasteiger charge is -2.26. The van der Waals surface area contributed by atoms with Gasteiger partial charge in [-0.2, -0.15) is 0 Å². The Hall–Kier alpha value is -0.0900. The highest BCUT2D eigenvalue weighted by Gasteiger charge is 2.29. The minimum absolute atomic E-state index is 0.0772. The summed E-state index contributed by atoms with van der Waals surface area (Å²) in [6, 6.07) is 0. The lowest BCUT2D eigenvalue weighted by Crippen LogP contribution is -2.36. The first kappa shape index (κ1) is 13.3. The molecule has 4 unspecified atom stereocenters. The summed E-state index contributed by atoms with van der Waals surface area (Å²) in [5, 5.41) is 3.10. The molecule has 0 radical (unpaired) electrons. The second-order valence-electron chi connectivity index (χ2n) is 5.45. The van der Waals surface area contributed by atoms with E-state index in [1.54, 1.807) is 0 Å². The van der Waals surface area contributed by atoms with Crippen molar-refractivity contribution in [2.75, 3.05) is 13.2 Å². The fourth-order valence-electron chi connectivity index (χ4n) is 2.80. The molecule has 4 atom stereocenters. The lowest BCUT2D eigenvalue weighted by atomic mass is 9.89. The van der Waals surface area contributed by atoms with Crippen LogP contribution < -0.4 is 5.32 Å². The molecule has 1 saturated carbocycles. The molecule has 1 aliphatic heterocycles. The minimum Gasteiger partial charge on any atom is -0.378 e. The van der Waals surface area contributed by atoms with E-state index in [9.17, 15) is 4.79 Å². The zero-order valence-electron chi connectivity index (χ0n) is 10.5. The van der Waals surface area contributed by atoms with E-state index in [0.29, 0.717) is 17.4 Å². The van der Waals surface area contributed by atoms with Gasteiger partial charge >= 0.3 is 0 Å². The molecule has 0 aromatic carbocycles. The summed E-state index contributed by atoms with van der Waals surface area (Å²) >= 11 is 3.68. The zero-order valence-corrected chi connectivity index (χ0v) is 12.0. The third-order valence-electron chi connectivity index (χ3n) is 3.85. The van der Waals surface area contributed by atoms with Gasteiger partial charge in [-0.1, -0.05) is 22.4 Å². The Bertz CT molecular complexity index is 272. The second kappa shape index (κ2) is 6.19. The molecule has 1 saturated heterocycles. The molecule has 98 valence electrons. The smallest absolute Gasteiger partial charge is 0.225 e. The Labute approximate surface area is 112 Å². The maximum Gasteiger partial charge on any atom is 0.225 e. The van der Waals surface area contributed by atoms with Crippen LogP contribution in [-0.4, -0.2) is 30.0 Å². The van der Waals surface area contributed by atoms with Crippen LogP contribution in [0.15, 0.2) is 0 Å². The first-order chi connectivity index (χ1) is 8.15. The quantitative estimate of drug-likeness (QED) is 0.814. The van der Waals surface area contributed by atoms with Crippen LogP contribution in [0, 0.1) is 11.8 Å². The Morgan fingerprint density at radius 1 is 1.41 bits per heavy atom. The predicted molar refractivity (Wildman–Crippen MR) is 71.2 cm³/mol. The minimum atomic E-state index is 0.0772. The van der Waals surface area contributed by atoms with Crippen molar-refractivity contribution in [3.63, 3.8) is 0 Å². The van der Waals surface area contributed by atoms with Gasteiger partial charge in [0.25, 0.3) is 0 Å². The number of ether oxygens (including phenoxy) is 1. The Balaban J connectivity index is 1.69. The molecule has 2 fully saturated rings. The summed E-state index contributed by atoms with van der Waals surface area (Å²) in [5.41, 5.74) is 0.